The van der Waals surface area contributed by atoms with Gasteiger partial charge in [0.1, 0.15) is 5.75 Å². The molecular formula is C22H27IN2O4S. The highest BCUT2D eigenvalue weighted by Crippen LogP contribution is 2.46. The minimum Gasteiger partial charge on any atom is -0.497 e. The quantitative estimate of drug-likeness (QED) is 0.407. The van der Waals surface area contributed by atoms with Crippen molar-refractivity contribution in [3.05, 3.63) is 54.1 Å². The molecule has 0 N–H and O–H groups in total. The minimum atomic E-state index is -0.916. The summed E-state index contributed by atoms with van der Waals surface area (Å²) in [6.07, 6.45) is -0.916. The summed E-state index contributed by atoms with van der Waals surface area (Å²) in [5.74, 6) is 0.0528. The molecule has 0 bridgehead atoms. The number of methoxy groups -OCH3 is 1. The maximum absolute atomic E-state index is 13.6. The van der Waals surface area contributed by atoms with Crippen molar-refractivity contribution in [2.24, 2.45) is 0 Å². The van der Waals surface area contributed by atoms with Crippen LogP contribution in [0.2, 0.25) is 0 Å². The van der Waals surface area contributed by atoms with Crippen molar-refractivity contribution in [3.8, 4) is 5.75 Å². The molecular weight excluding hydrogens is 515 g/mol. The first kappa shape index (κ1) is 24.5. The van der Waals surface area contributed by atoms with Crippen LogP contribution in [0.5, 0.6) is 5.75 Å². The number of fused-ring (bicyclic) bond motifs is 1. The molecule has 0 spiro atoms. The zero-order chi connectivity index (χ0) is 21.0. The number of ether oxygens (including phenoxy) is 2. The Kier molecular flexibility index (Phi) is 8.99. The topological polar surface area (TPSA) is 59.1 Å². The predicted octanol–water partition coefficient (Wildman–Crippen LogP) is 3.99. The number of thioether (sulfide) groups is 1. The number of nitrogens with zero attached hydrogens (tertiary/aromatic N) is 2. The summed E-state index contributed by atoms with van der Waals surface area (Å²) in [5, 5.41) is -0.359. The van der Waals surface area contributed by atoms with Crippen LogP contribution in [0.25, 0.3) is 0 Å². The SMILES string of the molecule is COc1ccc([C@@H]2Sc3ccccc3N(CCN(C)C)C(=O)[C@@H]2OC(C)=O)cc1.I. The second-order valence-corrected chi connectivity index (χ2v) is 8.29. The van der Waals surface area contributed by atoms with Crippen molar-refractivity contribution < 1.29 is 19.1 Å². The van der Waals surface area contributed by atoms with Gasteiger partial charge < -0.3 is 19.3 Å². The third-order valence-electron chi connectivity index (χ3n) is 4.70. The summed E-state index contributed by atoms with van der Waals surface area (Å²) in [5.41, 5.74) is 1.75. The van der Waals surface area contributed by atoms with Crippen LogP contribution in [0.3, 0.4) is 0 Å². The van der Waals surface area contributed by atoms with Gasteiger partial charge in [0.25, 0.3) is 5.91 Å². The maximum Gasteiger partial charge on any atom is 0.303 e. The third-order valence-corrected chi connectivity index (χ3v) is 6.07. The lowest BCUT2D eigenvalue weighted by Gasteiger charge is -2.28. The van der Waals surface area contributed by atoms with E-state index in [9.17, 15) is 9.59 Å². The number of benzene rings is 2. The molecule has 0 aromatic heterocycles. The van der Waals surface area contributed by atoms with Crippen molar-refractivity contribution in [1.29, 1.82) is 0 Å². The molecule has 0 fully saturated rings. The molecule has 2 aromatic carbocycles. The van der Waals surface area contributed by atoms with E-state index in [0.717, 1.165) is 21.9 Å². The van der Waals surface area contributed by atoms with E-state index in [0.29, 0.717) is 13.1 Å². The second-order valence-electron chi connectivity index (χ2n) is 7.10. The molecule has 162 valence electrons. The van der Waals surface area contributed by atoms with E-state index >= 15 is 0 Å². The van der Waals surface area contributed by atoms with Crippen LogP contribution < -0.4 is 9.64 Å². The van der Waals surface area contributed by atoms with E-state index in [1.165, 1.54) is 6.92 Å². The summed E-state index contributed by atoms with van der Waals surface area (Å²) in [6.45, 7) is 2.55. The zero-order valence-corrected chi connectivity index (χ0v) is 20.7. The van der Waals surface area contributed by atoms with E-state index in [1.807, 2.05) is 67.5 Å². The van der Waals surface area contributed by atoms with Gasteiger partial charge in [-0.1, -0.05) is 24.3 Å². The Morgan fingerprint density at radius 1 is 1.13 bits per heavy atom. The summed E-state index contributed by atoms with van der Waals surface area (Å²) in [4.78, 5) is 30.2. The molecule has 1 amide bonds. The van der Waals surface area contributed by atoms with Gasteiger partial charge in [-0.15, -0.1) is 35.7 Å². The second kappa shape index (κ2) is 11.0. The summed E-state index contributed by atoms with van der Waals surface area (Å²) in [7, 11) is 5.54. The number of carbonyl (C=O) groups is 2. The fraction of sp³-hybridized carbons (Fsp3) is 0.364. The Bertz CT molecular complexity index is 876. The maximum atomic E-state index is 13.6. The lowest BCUT2D eigenvalue weighted by atomic mass is 10.1. The molecule has 3 rings (SSSR count). The zero-order valence-electron chi connectivity index (χ0n) is 17.5. The molecule has 0 saturated carbocycles. The summed E-state index contributed by atoms with van der Waals surface area (Å²) in [6, 6.07) is 15.4. The molecule has 0 unspecified atom stereocenters. The first-order valence-corrected chi connectivity index (χ1v) is 10.3. The first-order valence-electron chi connectivity index (χ1n) is 9.43. The fourth-order valence-corrected chi connectivity index (χ4v) is 4.56. The summed E-state index contributed by atoms with van der Waals surface area (Å²) >= 11 is 1.54. The highest BCUT2D eigenvalue weighted by atomic mass is 127. The van der Waals surface area contributed by atoms with Crippen molar-refractivity contribution in [2.75, 3.05) is 39.2 Å². The third kappa shape index (κ3) is 5.67. The van der Waals surface area contributed by atoms with Gasteiger partial charge in [-0.25, -0.2) is 0 Å². The number of carbonyl (C=O) groups excluding carboxylic acids is 2. The lowest BCUT2D eigenvalue weighted by molar-refractivity contribution is -0.152. The van der Waals surface area contributed by atoms with Crippen molar-refractivity contribution >= 4 is 53.3 Å². The molecule has 1 aliphatic rings. The van der Waals surface area contributed by atoms with Gasteiger partial charge in [0, 0.05) is 24.9 Å². The van der Waals surface area contributed by atoms with Gasteiger partial charge in [0.05, 0.1) is 18.0 Å². The Labute approximate surface area is 198 Å². The molecule has 30 heavy (non-hydrogen) atoms. The van der Waals surface area contributed by atoms with E-state index < -0.39 is 12.1 Å². The van der Waals surface area contributed by atoms with Crippen LogP contribution in [0, 0.1) is 0 Å². The number of likely N-dealkylation sites (N-methyl/N-ethyl adjacent to an activating group) is 1. The highest BCUT2D eigenvalue weighted by Gasteiger charge is 2.40. The number of anilines is 1. The van der Waals surface area contributed by atoms with Crippen molar-refractivity contribution in [1.82, 2.24) is 4.90 Å². The molecule has 2 atom stereocenters. The van der Waals surface area contributed by atoms with E-state index in [4.69, 9.17) is 9.47 Å². The first-order chi connectivity index (χ1) is 13.9. The van der Waals surface area contributed by atoms with Gasteiger partial charge in [0.2, 0.25) is 0 Å². The van der Waals surface area contributed by atoms with Crippen molar-refractivity contribution in [2.45, 2.75) is 23.2 Å². The number of halogens is 1. The smallest absolute Gasteiger partial charge is 0.303 e. The number of hydrogen-bond donors (Lipinski definition) is 0. The molecule has 8 heteroatoms. The van der Waals surface area contributed by atoms with Gasteiger partial charge in [-0.2, -0.15) is 0 Å². The predicted molar refractivity (Wildman–Crippen MR) is 130 cm³/mol. The Hall–Kier alpha value is -1.78. The van der Waals surface area contributed by atoms with Gasteiger partial charge >= 0.3 is 5.97 Å². The minimum absolute atomic E-state index is 0. The summed E-state index contributed by atoms with van der Waals surface area (Å²) < 4.78 is 10.8. The molecule has 0 radical (unpaired) electrons. The molecule has 1 aliphatic heterocycles. The fourth-order valence-electron chi connectivity index (χ4n) is 3.24. The van der Waals surface area contributed by atoms with E-state index in [-0.39, 0.29) is 35.1 Å². The number of para-hydroxylation sites is 1. The monoisotopic (exact) mass is 542 g/mol. The van der Waals surface area contributed by atoms with Crippen LogP contribution in [0.1, 0.15) is 17.7 Å². The molecule has 0 saturated heterocycles. The normalized spacial score (nSPS) is 18.3. The average molecular weight is 542 g/mol. The standard InChI is InChI=1S/C22H26N2O4S.HI/c1-15(25)28-20-21(16-9-11-17(27-4)12-10-16)29-19-8-6-5-7-18(19)24(22(20)26)14-13-23(2)3;/h5-12,20-21H,13-14H2,1-4H3;1H/t20-,21+;/m1./s1. The van der Waals surface area contributed by atoms with E-state index in [1.54, 1.807) is 23.8 Å². The number of amides is 1. The van der Waals surface area contributed by atoms with Gasteiger partial charge in [-0.3, -0.25) is 9.59 Å². The Balaban J connectivity index is 0.00000320. The van der Waals surface area contributed by atoms with Crippen LogP contribution in [-0.2, 0) is 14.3 Å². The number of esters is 1. The van der Waals surface area contributed by atoms with E-state index in [2.05, 4.69) is 0 Å². The van der Waals surface area contributed by atoms with Gasteiger partial charge in [0.15, 0.2) is 6.10 Å². The van der Waals surface area contributed by atoms with Crippen LogP contribution in [0.15, 0.2) is 53.4 Å². The average Bonchev–Trinajstić information content (AvgIpc) is 2.81. The van der Waals surface area contributed by atoms with Crippen LogP contribution >= 0.6 is 35.7 Å². The van der Waals surface area contributed by atoms with Crippen LogP contribution in [-0.4, -0.2) is 57.2 Å². The molecule has 1 heterocycles. The molecule has 6 nitrogen and oxygen atoms in total. The number of rotatable bonds is 6. The highest BCUT2D eigenvalue weighted by molar-refractivity contribution is 14.0. The Morgan fingerprint density at radius 2 is 1.80 bits per heavy atom. The Morgan fingerprint density at radius 3 is 2.40 bits per heavy atom. The lowest BCUT2D eigenvalue weighted by Crippen LogP contribution is -2.45. The van der Waals surface area contributed by atoms with Gasteiger partial charge in [-0.05, 0) is 43.9 Å². The molecule has 0 aliphatic carbocycles. The molecule has 2 aromatic rings. The largest absolute Gasteiger partial charge is 0.497 e. The van der Waals surface area contributed by atoms with Crippen molar-refractivity contribution in [3.63, 3.8) is 0 Å². The number of hydrogen-bond acceptors (Lipinski definition) is 6. The van der Waals surface area contributed by atoms with Crippen LogP contribution in [0.4, 0.5) is 5.69 Å².